The first-order valence-corrected chi connectivity index (χ1v) is 5.31. The summed E-state index contributed by atoms with van der Waals surface area (Å²) in [5, 5.41) is 3.09. The van der Waals surface area contributed by atoms with Crippen LogP contribution in [-0.4, -0.2) is 26.1 Å². The van der Waals surface area contributed by atoms with Gasteiger partial charge < -0.3 is 9.88 Å². The van der Waals surface area contributed by atoms with Crippen molar-refractivity contribution in [2.45, 2.75) is 13.3 Å². The second-order valence-electron chi connectivity index (χ2n) is 3.53. The highest BCUT2D eigenvalue weighted by Gasteiger charge is 2.03. The second kappa shape index (κ2) is 4.74. The van der Waals surface area contributed by atoms with Crippen molar-refractivity contribution in [3.63, 3.8) is 0 Å². The molecule has 0 bridgehead atoms. The van der Waals surface area contributed by atoms with E-state index in [0.717, 1.165) is 24.5 Å². The molecule has 0 fully saturated rings. The molecule has 0 atom stereocenters. The van der Waals surface area contributed by atoms with Gasteiger partial charge in [-0.3, -0.25) is 0 Å². The van der Waals surface area contributed by atoms with Crippen molar-refractivity contribution in [3.05, 3.63) is 36.2 Å². The molecule has 2 heterocycles. The Hall–Kier alpha value is -1.91. The van der Waals surface area contributed by atoms with Crippen LogP contribution in [0.1, 0.15) is 18.4 Å². The fraction of sp³-hybridized carbons (Fsp3) is 0.364. The molecule has 0 saturated heterocycles. The summed E-state index contributed by atoms with van der Waals surface area (Å²) in [6.07, 6.45) is 6.22. The molecular weight excluding hydrogens is 202 g/mol. The molecule has 0 unspecified atom stereocenters. The summed E-state index contributed by atoms with van der Waals surface area (Å²) in [6.45, 7) is 2.85. The molecule has 2 rings (SSSR count). The zero-order valence-corrected chi connectivity index (χ0v) is 9.51. The minimum Gasteiger partial charge on any atom is -0.354 e. The van der Waals surface area contributed by atoms with Crippen molar-refractivity contribution in [1.82, 2.24) is 19.5 Å². The highest BCUT2D eigenvalue weighted by molar-refractivity contribution is 5.25. The number of nitrogens with zero attached hydrogens (tertiary/aromatic N) is 4. The van der Waals surface area contributed by atoms with Crippen LogP contribution in [0, 0.1) is 0 Å². The lowest BCUT2D eigenvalue weighted by Crippen LogP contribution is -2.05. The van der Waals surface area contributed by atoms with Crippen LogP contribution in [0.15, 0.2) is 24.7 Å². The lowest BCUT2D eigenvalue weighted by Gasteiger charge is -2.04. The van der Waals surface area contributed by atoms with E-state index in [9.17, 15) is 0 Å². The standard InChI is InChI=1S/C11H15N5/c1-3-12-11-14-5-4-9(15-11)8-10-13-6-7-16(10)2/h4-7H,3,8H2,1-2H3,(H,12,14,15). The number of aryl methyl sites for hydroxylation is 1. The second-order valence-corrected chi connectivity index (χ2v) is 3.53. The molecule has 84 valence electrons. The minimum absolute atomic E-state index is 0.675. The molecule has 0 saturated carbocycles. The third-order valence-corrected chi connectivity index (χ3v) is 2.31. The Morgan fingerprint density at radius 1 is 1.31 bits per heavy atom. The van der Waals surface area contributed by atoms with Gasteiger partial charge in [0.2, 0.25) is 5.95 Å². The highest BCUT2D eigenvalue weighted by Crippen LogP contribution is 2.06. The van der Waals surface area contributed by atoms with Crippen molar-refractivity contribution >= 4 is 5.95 Å². The van der Waals surface area contributed by atoms with E-state index in [-0.39, 0.29) is 0 Å². The van der Waals surface area contributed by atoms with Gasteiger partial charge in [-0.05, 0) is 13.0 Å². The molecule has 1 N–H and O–H groups in total. The highest BCUT2D eigenvalue weighted by atomic mass is 15.1. The maximum Gasteiger partial charge on any atom is 0.222 e. The summed E-state index contributed by atoms with van der Waals surface area (Å²) in [6, 6.07) is 1.91. The van der Waals surface area contributed by atoms with E-state index < -0.39 is 0 Å². The Bertz CT molecular complexity index is 463. The minimum atomic E-state index is 0.675. The quantitative estimate of drug-likeness (QED) is 0.837. The third-order valence-electron chi connectivity index (χ3n) is 2.31. The molecule has 0 radical (unpaired) electrons. The van der Waals surface area contributed by atoms with Crippen molar-refractivity contribution in [2.24, 2.45) is 7.05 Å². The van der Waals surface area contributed by atoms with E-state index in [1.807, 2.05) is 30.8 Å². The summed E-state index contributed by atoms with van der Waals surface area (Å²) < 4.78 is 2.00. The van der Waals surface area contributed by atoms with Gasteiger partial charge in [0.1, 0.15) is 5.82 Å². The fourth-order valence-electron chi connectivity index (χ4n) is 1.47. The molecule has 0 amide bonds. The van der Waals surface area contributed by atoms with Gasteiger partial charge in [-0.25, -0.2) is 15.0 Å². The zero-order chi connectivity index (χ0) is 11.4. The van der Waals surface area contributed by atoms with E-state index in [1.165, 1.54) is 0 Å². The van der Waals surface area contributed by atoms with Gasteiger partial charge >= 0.3 is 0 Å². The largest absolute Gasteiger partial charge is 0.354 e. The molecule has 16 heavy (non-hydrogen) atoms. The van der Waals surface area contributed by atoms with Gasteiger partial charge in [-0.15, -0.1) is 0 Å². The van der Waals surface area contributed by atoms with Crippen LogP contribution in [0.3, 0.4) is 0 Å². The van der Waals surface area contributed by atoms with Gasteiger partial charge in [0.05, 0.1) is 5.69 Å². The monoisotopic (exact) mass is 217 g/mol. The van der Waals surface area contributed by atoms with Gasteiger partial charge in [-0.1, -0.05) is 0 Å². The van der Waals surface area contributed by atoms with E-state index >= 15 is 0 Å². The Morgan fingerprint density at radius 3 is 2.88 bits per heavy atom. The Balaban J connectivity index is 2.15. The Morgan fingerprint density at radius 2 is 2.19 bits per heavy atom. The number of hydrogen-bond donors (Lipinski definition) is 1. The van der Waals surface area contributed by atoms with Gasteiger partial charge in [-0.2, -0.15) is 0 Å². The molecule has 2 aromatic heterocycles. The Kier molecular flexibility index (Phi) is 3.14. The predicted molar refractivity (Wildman–Crippen MR) is 62.2 cm³/mol. The third kappa shape index (κ3) is 2.36. The van der Waals surface area contributed by atoms with Crippen molar-refractivity contribution < 1.29 is 0 Å². The number of aromatic nitrogens is 4. The maximum atomic E-state index is 4.40. The van der Waals surface area contributed by atoms with Crippen LogP contribution in [-0.2, 0) is 13.5 Å². The SMILES string of the molecule is CCNc1nccc(Cc2nccn2C)n1. The summed E-state index contributed by atoms with van der Waals surface area (Å²) in [5.74, 6) is 1.68. The van der Waals surface area contributed by atoms with Gasteiger partial charge in [0.25, 0.3) is 0 Å². The fourth-order valence-corrected chi connectivity index (χ4v) is 1.47. The first-order valence-electron chi connectivity index (χ1n) is 5.31. The van der Waals surface area contributed by atoms with Crippen LogP contribution in [0.5, 0.6) is 0 Å². The van der Waals surface area contributed by atoms with E-state index in [1.54, 1.807) is 12.4 Å². The normalized spacial score (nSPS) is 10.4. The first kappa shape index (κ1) is 10.6. The molecular formula is C11H15N5. The molecule has 0 aliphatic rings. The molecule has 5 nitrogen and oxygen atoms in total. The topological polar surface area (TPSA) is 55.6 Å². The number of hydrogen-bond acceptors (Lipinski definition) is 4. The molecule has 0 aromatic carbocycles. The number of nitrogens with one attached hydrogen (secondary N) is 1. The van der Waals surface area contributed by atoms with Crippen LogP contribution in [0.25, 0.3) is 0 Å². The summed E-state index contributed by atoms with van der Waals surface area (Å²) in [7, 11) is 1.98. The van der Waals surface area contributed by atoms with Crippen molar-refractivity contribution in [2.75, 3.05) is 11.9 Å². The van der Waals surface area contributed by atoms with Crippen molar-refractivity contribution in [1.29, 1.82) is 0 Å². The maximum absolute atomic E-state index is 4.40. The molecule has 0 aliphatic heterocycles. The van der Waals surface area contributed by atoms with Crippen molar-refractivity contribution in [3.8, 4) is 0 Å². The van der Waals surface area contributed by atoms with Crippen LogP contribution < -0.4 is 5.32 Å². The predicted octanol–water partition coefficient (Wildman–Crippen LogP) is 1.23. The lowest BCUT2D eigenvalue weighted by atomic mass is 10.3. The van der Waals surface area contributed by atoms with E-state index in [0.29, 0.717) is 5.95 Å². The number of anilines is 1. The number of rotatable bonds is 4. The molecule has 0 aliphatic carbocycles. The summed E-state index contributed by atoms with van der Waals surface area (Å²) >= 11 is 0. The van der Waals surface area contributed by atoms with Gasteiger partial charge in [0, 0.05) is 38.6 Å². The lowest BCUT2D eigenvalue weighted by molar-refractivity contribution is 0.809. The molecule has 2 aromatic rings. The van der Waals surface area contributed by atoms with Crippen LogP contribution in [0.4, 0.5) is 5.95 Å². The molecule has 0 spiro atoms. The summed E-state index contributed by atoms with van der Waals surface area (Å²) in [5.41, 5.74) is 0.972. The number of imidazole rings is 1. The Labute approximate surface area is 94.6 Å². The smallest absolute Gasteiger partial charge is 0.222 e. The van der Waals surface area contributed by atoms with Gasteiger partial charge in [0.15, 0.2) is 0 Å². The average molecular weight is 217 g/mol. The zero-order valence-electron chi connectivity index (χ0n) is 9.51. The van der Waals surface area contributed by atoms with Crippen LogP contribution in [0.2, 0.25) is 0 Å². The average Bonchev–Trinajstić information content (AvgIpc) is 2.66. The van der Waals surface area contributed by atoms with E-state index in [4.69, 9.17) is 0 Å². The van der Waals surface area contributed by atoms with E-state index in [2.05, 4.69) is 20.3 Å². The molecule has 5 heteroatoms. The van der Waals surface area contributed by atoms with Crippen LogP contribution >= 0.6 is 0 Å². The first-order chi connectivity index (χ1) is 7.79. The summed E-state index contributed by atoms with van der Waals surface area (Å²) in [4.78, 5) is 12.8.